The lowest BCUT2D eigenvalue weighted by molar-refractivity contribution is -0.137. The molecule has 25 heavy (non-hydrogen) atoms. The molecule has 2 heterocycles. The number of carbonyl (C=O) groups excluding carboxylic acids is 1. The number of aromatic nitrogens is 2. The predicted molar refractivity (Wildman–Crippen MR) is 86.9 cm³/mol. The van der Waals surface area contributed by atoms with Gasteiger partial charge in [-0.1, -0.05) is 18.2 Å². The van der Waals surface area contributed by atoms with E-state index < -0.39 is 17.8 Å². The number of benzene rings is 1. The zero-order valence-electron chi connectivity index (χ0n) is 13.4. The Morgan fingerprint density at radius 3 is 2.76 bits per heavy atom. The summed E-state index contributed by atoms with van der Waals surface area (Å²) in [6, 6.07) is 9.95. The number of rotatable bonds is 4. The number of nitrogens with zero attached hydrogens (tertiary/aromatic N) is 2. The molecule has 0 saturated carbocycles. The number of pyridine rings is 1. The van der Waals surface area contributed by atoms with Gasteiger partial charge < -0.3 is 9.72 Å². The van der Waals surface area contributed by atoms with Gasteiger partial charge in [-0.3, -0.25) is 4.79 Å². The molecule has 0 fully saturated rings. The molecule has 3 rings (SSSR count). The molecule has 0 spiro atoms. The molecule has 1 unspecified atom stereocenters. The van der Waals surface area contributed by atoms with Crippen LogP contribution in [0.3, 0.4) is 0 Å². The minimum absolute atomic E-state index is 0.0605. The first-order valence-corrected chi connectivity index (χ1v) is 7.72. The summed E-state index contributed by atoms with van der Waals surface area (Å²) < 4.78 is 40.2. The Kier molecular flexibility index (Phi) is 4.48. The second-order valence-electron chi connectivity index (χ2n) is 5.79. The summed E-state index contributed by atoms with van der Waals surface area (Å²) in [6.07, 6.45) is -0.764. The fraction of sp³-hybridized carbons (Fsp3) is 0.222. The van der Waals surface area contributed by atoms with Gasteiger partial charge in [-0.15, -0.1) is 0 Å². The van der Waals surface area contributed by atoms with E-state index in [9.17, 15) is 18.0 Å². The summed E-state index contributed by atoms with van der Waals surface area (Å²) in [5.41, 5.74) is 1.00. The predicted octanol–water partition coefficient (Wildman–Crippen LogP) is 3.77. The van der Waals surface area contributed by atoms with Crippen molar-refractivity contribution in [3.8, 4) is 0 Å². The smallest absolute Gasteiger partial charge is 0.349 e. The van der Waals surface area contributed by atoms with Gasteiger partial charge in [-0.05, 0) is 36.8 Å². The summed E-state index contributed by atoms with van der Waals surface area (Å²) in [5, 5.41) is 2.71. The van der Waals surface area contributed by atoms with Crippen LogP contribution in [0.5, 0.6) is 0 Å². The van der Waals surface area contributed by atoms with E-state index in [1.54, 1.807) is 23.6 Å². The second kappa shape index (κ2) is 6.58. The fourth-order valence-corrected chi connectivity index (χ4v) is 2.60. The van der Waals surface area contributed by atoms with E-state index in [-0.39, 0.29) is 12.3 Å². The normalized spacial score (nSPS) is 13.0. The summed E-state index contributed by atoms with van der Waals surface area (Å²) in [4.78, 5) is 16.5. The van der Waals surface area contributed by atoms with Gasteiger partial charge in [-0.2, -0.15) is 13.2 Å². The Balaban J connectivity index is 1.68. The van der Waals surface area contributed by atoms with E-state index in [2.05, 4.69) is 10.3 Å². The SMILES string of the molecule is CC(NC(=O)Cc1cn2ccccc2n1)c1cccc(C(F)(F)F)c1. The van der Waals surface area contributed by atoms with Crippen LogP contribution in [-0.2, 0) is 17.4 Å². The fourth-order valence-electron chi connectivity index (χ4n) is 2.60. The number of alkyl halides is 3. The average molecular weight is 347 g/mol. The van der Waals surface area contributed by atoms with Gasteiger partial charge in [-0.25, -0.2) is 4.98 Å². The van der Waals surface area contributed by atoms with E-state index in [0.29, 0.717) is 11.3 Å². The first-order valence-electron chi connectivity index (χ1n) is 7.72. The number of imidazole rings is 1. The van der Waals surface area contributed by atoms with E-state index in [4.69, 9.17) is 0 Å². The van der Waals surface area contributed by atoms with Crippen molar-refractivity contribution in [2.24, 2.45) is 0 Å². The van der Waals surface area contributed by atoms with Gasteiger partial charge in [0.2, 0.25) is 5.91 Å². The van der Waals surface area contributed by atoms with Crippen LogP contribution < -0.4 is 5.32 Å². The van der Waals surface area contributed by atoms with Crippen molar-refractivity contribution < 1.29 is 18.0 Å². The third kappa shape index (κ3) is 3.99. The van der Waals surface area contributed by atoms with Crippen LogP contribution in [0.1, 0.15) is 29.8 Å². The molecule has 0 aliphatic carbocycles. The van der Waals surface area contributed by atoms with E-state index in [1.807, 2.05) is 24.4 Å². The third-order valence-electron chi connectivity index (χ3n) is 3.85. The molecule has 0 radical (unpaired) electrons. The molecule has 3 aromatic rings. The highest BCUT2D eigenvalue weighted by atomic mass is 19.4. The first-order chi connectivity index (χ1) is 11.8. The Bertz CT molecular complexity index is 869. The van der Waals surface area contributed by atoms with Crippen LogP contribution >= 0.6 is 0 Å². The van der Waals surface area contributed by atoms with Crippen molar-refractivity contribution in [3.05, 3.63) is 71.7 Å². The van der Waals surface area contributed by atoms with Crippen molar-refractivity contribution in [1.29, 1.82) is 0 Å². The summed E-state index contributed by atoms with van der Waals surface area (Å²) >= 11 is 0. The molecule has 0 aliphatic rings. The minimum Gasteiger partial charge on any atom is -0.349 e. The monoisotopic (exact) mass is 347 g/mol. The maximum atomic E-state index is 12.8. The van der Waals surface area contributed by atoms with Crippen molar-refractivity contribution in [2.75, 3.05) is 0 Å². The third-order valence-corrected chi connectivity index (χ3v) is 3.85. The van der Waals surface area contributed by atoms with Crippen molar-refractivity contribution in [1.82, 2.24) is 14.7 Å². The van der Waals surface area contributed by atoms with E-state index >= 15 is 0 Å². The molecule has 0 bridgehead atoms. The molecule has 130 valence electrons. The largest absolute Gasteiger partial charge is 0.416 e. The Hall–Kier alpha value is -2.83. The number of nitrogens with one attached hydrogen (secondary N) is 1. The molecule has 1 atom stereocenters. The number of fused-ring (bicyclic) bond motifs is 1. The zero-order valence-corrected chi connectivity index (χ0v) is 13.4. The molecular weight excluding hydrogens is 331 g/mol. The molecule has 1 N–H and O–H groups in total. The highest BCUT2D eigenvalue weighted by Crippen LogP contribution is 2.30. The van der Waals surface area contributed by atoms with Crippen LogP contribution in [-0.4, -0.2) is 15.3 Å². The van der Waals surface area contributed by atoms with Gasteiger partial charge >= 0.3 is 6.18 Å². The Morgan fingerprint density at radius 1 is 1.24 bits per heavy atom. The van der Waals surface area contributed by atoms with Gasteiger partial charge in [0.15, 0.2) is 0 Å². The van der Waals surface area contributed by atoms with E-state index in [0.717, 1.165) is 17.8 Å². The van der Waals surface area contributed by atoms with Crippen LogP contribution in [0, 0.1) is 0 Å². The van der Waals surface area contributed by atoms with Crippen LogP contribution in [0.2, 0.25) is 0 Å². The number of hydrogen-bond donors (Lipinski definition) is 1. The van der Waals surface area contributed by atoms with Crippen molar-refractivity contribution in [3.63, 3.8) is 0 Å². The molecule has 2 aromatic heterocycles. The molecular formula is C18H16F3N3O. The molecule has 4 nitrogen and oxygen atoms in total. The Morgan fingerprint density at radius 2 is 2.04 bits per heavy atom. The lowest BCUT2D eigenvalue weighted by atomic mass is 10.0. The second-order valence-corrected chi connectivity index (χ2v) is 5.79. The zero-order chi connectivity index (χ0) is 18.0. The van der Waals surface area contributed by atoms with Gasteiger partial charge in [0.05, 0.1) is 23.7 Å². The number of hydrogen-bond acceptors (Lipinski definition) is 2. The lowest BCUT2D eigenvalue weighted by Gasteiger charge is -2.16. The standard InChI is InChI=1S/C18H16F3N3O/c1-12(13-5-4-6-14(9-13)18(19,20)21)22-17(25)10-15-11-24-8-3-2-7-16(24)23-15/h2-9,11-12H,10H2,1H3,(H,22,25). The Labute approximate surface area is 142 Å². The minimum atomic E-state index is -4.41. The van der Waals surface area contributed by atoms with Crippen molar-refractivity contribution >= 4 is 11.6 Å². The molecule has 0 aliphatic heterocycles. The van der Waals surface area contributed by atoms with Gasteiger partial charge in [0.25, 0.3) is 0 Å². The van der Waals surface area contributed by atoms with Crippen LogP contribution in [0.25, 0.3) is 5.65 Å². The van der Waals surface area contributed by atoms with E-state index in [1.165, 1.54) is 6.07 Å². The maximum Gasteiger partial charge on any atom is 0.416 e. The summed E-state index contributed by atoms with van der Waals surface area (Å²) in [5.74, 6) is -0.298. The maximum absolute atomic E-state index is 12.8. The average Bonchev–Trinajstić information content (AvgIpc) is 2.96. The highest BCUT2D eigenvalue weighted by molar-refractivity contribution is 5.78. The molecule has 1 aromatic carbocycles. The number of halogens is 3. The van der Waals surface area contributed by atoms with Gasteiger partial charge in [0.1, 0.15) is 5.65 Å². The summed E-state index contributed by atoms with van der Waals surface area (Å²) in [6.45, 7) is 1.65. The number of carbonyl (C=O) groups is 1. The topological polar surface area (TPSA) is 46.4 Å². The van der Waals surface area contributed by atoms with Gasteiger partial charge in [0, 0.05) is 12.4 Å². The van der Waals surface area contributed by atoms with Crippen molar-refractivity contribution in [2.45, 2.75) is 25.6 Å². The van der Waals surface area contributed by atoms with Crippen LogP contribution in [0.4, 0.5) is 13.2 Å². The number of amides is 1. The quantitative estimate of drug-likeness (QED) is 0.781. The highest BCUT2D eigenvalue weighted by Gasteiger charge is 2.30. The summed E-state index contributed by atoms with van der Waals surface area (Å²) in [7, 11) is 0. The lowest BCUT2D eigenvalue weighted by Crippen LogP contribution is -2.28. The molecule has 0 saturated heterocycles. The molecule has 1 amide bonds. The molecule has 7 heteroatoms. The van der Waals surface area contributed by atoms with Crippen LogP contribution in [0.15, 0.2) is 54.9 Å². The first kappa shape index (κ1) is 17.0.